The number of halogens is 6. The van der Waals surface area contributed by atoms with E-state index >= 15 is 0 Å². The molecule has 1 saturated heterocycles. The second-order valence-corrected chi connectivity index (χ2v) is 10.1. The minimum absolute atomic E-state index is 0.0300. The van der Waals surface area contributed by atoms with Crippen LogP contribution in [0, 0.1) is 11.8 Å². The molecule has 2 aromatic carbocycles. The van der Waals surface area contributed by atoms with Gasteiger partial charge < -0.3 is 4.74 Å². The van der Waals surface area contributed by atoms with Crippen LogP contribution >= 0.6 is 0 Å². The van der Waals surface area contributed by atoms with Crippen molar-refractivity contribution in [2.75, 3.05) is 13.1 Å². The van der Waals surface area contributed by atoms with Crippen LogP contribution in [-0.2, 0) is 6.18 Å². The molecule has 1 saturated carbocycles. The summed E-state index contributed by atoms with van der Waals surface area (Å²) in [5.74, 6) is 0.647. The lowest BCUT2D eigenvalue weighted by Crippen LogP contribution is -2.42. The van der Waals surface area contributed by atoms with Crippen molar-refractivity contribution < 1.29 is 31.1 Å². The third kappa shape index (κ3) is 5.47. The molecule has 188 valence electrons. The number of benzene rings is 2. The van der Waals surface area contributed by atoms with E-state index in [0.29, 0.717) is 50.6 Å². The molecule has 4 rings (SSSR count). The van der Waals surface area contributed by atoms with Crippen molar-refractivity contribution in [1.29, 1.82) is 0 Å². The van der Waals surface area contributed by atoms with Crippen LogP contribution in [0.25, 0.3) is 10.8 Å². The number of fused-ring (bicyclic) bond motifs is 1. The molecule has 2 aromatic rings. The Morgan fingerprint density at radius 3 is 2.03 bits per heavy atom. The van der Waals surface area contributed by atoms with Crippen LogP contribution in [0.3, 0.4) is 0 Å². The normalized spacial score (nSPS) is 24.4. The maximum atomic E-state index is 14.1. The third-order valence-corrected chi connectivity index (χ3v) is 7.35. The Bertz CT molecular complexity index is 985. The SMILES string of the molecule is CC1CCC(Oc2ccc3cc(C(N4CCC(C)CC4)C(F)(F)F)ccc3c2C(F)(F)F)CC1. The van der Waals surface area contributed by atoms with Crippen molar-refractivity contribution in [2.24, 2.45) is 11.8 Å². The average Bonchev–Trinajstić information content (AvgIpc) is 2.75. The summed E-state index contributed by atoms with van der Waals surface area (Å²) in [6, 6.07) is 4.50. The summed E-state index contributed by atoms with van der Waals surface area (Å²) < 4.78 is 90.3. The standard InChI is InChI=1S/C26H31F6NO/c1-16-3-7-20(8-4-16)34-22-10-6-18-15-19(5-9-21(18)23(22)25(27,28)29)24(26(30,31)32)33-13-11-17(2)12-14-33/h5-6,9-10,15-17,20,24H,3-4,7-8,11-14H2,1-2H3. The molecule has 2 nitrogen and oxygen atoms in total. The van der Waals surface area contributed by atoms with Gasteiger partial charge in [-0.3, -0.25) is 4.90 Å². The predicted molar refractivity (Wildman–Crippen MR) is 120 cm³/mol. The average molecular weight is 488 g/mol. The number of rotatable bonds is 4. The minimum Gasteiger partial charge on any atom is -0.490 e. The number of hydrogen-bond acceptors (Lipinski definition) is 2. The van der Waals surface area contributed by atoms with Crippen molar-refractivity contribution in [3.63, 3.8) is 0 Å². The fourth-order valence-electron chi connectivity index (χ4n) is 5.31. The molecule has 1 unspecified atom stereocenters. The summed E-state index contributed by atoms with van der Waals surface area (Å²) in [6.07, 6.45) is -4.99. The molecule has 1 heterocycles. The maximum absolute atomic E-state index is 14.1. The quantitative estimate of drug-likeness (QED) is 0.404. The number of hydrogen-bond donors (Lipinski definition) is 0. The first-order valence-corrected chi connectivity index (χ1v) is 12.0. The van der Waals surface area contributed by atoms with Gasteiger partial charge in [-0.05, 0) is 91.9 Å². The molecule has 1 aliphatic carbocycles. The fraction of sp³-hybridized carbons (Fsp3) is 0.615. The first kappa shape index (κ1) is 25.1. The van der Waals surface area contributed by atoms with Crippen molar-refractivity contribution in [2.45, 2.75) is 76.9 Å². The molecular formula is C26H31F6NO. The molecule has 0 aromatic heterocycles. The Morgan fingerprint density at radius 2 is 1.44 bits per heavy atom. The van der Waals surface area contributed by atoms with Crippen LogP contribution in [0.4, 0.5) is 26.3 Å². The van der Waals surface area contributed by atoms with E-state index in [4.69, 9.17) is 4.74 Å². The summed E-state index contributed by atoms with van der Waals surface area (Å²) in [5.41, 5.74) is -0.942. The van der Waals surface area contributed by atoms with Gasteiger partial charge in [0, 0.05) is 0 Å². The first-order valence-electron chi connectivity index (χ1n) is 12.0. The van der Waals surface area contributed by atoms with E-state index in [1.807, 2.05) is 6.92 Å². The Kier molecular flexibility index (Phi) is 7.09. The van der Waals surface area contributed by atoms with Crippen LogP contribution in [-0.4, -0.2) is 30.3 Å². The molecule has 0 spiro atoms. The van der Waals surface area contributed by atoms with E-state index in [2.05, 4.69) is 6.92 Å². The zero-order valence-corrected chi connectivity index (χ0v) is 19.5. The van der Waals surface area contributed by atoms with Crippen molar-refractivity contribution in [3.8, 4) is 5.75 Å². The summed E-state index contributed by atoms with van der Waals surface area (Å²) in [6.45, 7) is 4.75. The van der Waals surface area contributed by atoms with Crippen LogP contribution in [0.1, 0.15) is 69.5 Å². The molecule has 0 bridgehead atoms. The van der Waals surface area contributed by atoms with Crippen LogP contribution < -0.4 is 4.74 Å². The lowest BCUT2D eigenvalue weighted by atomic mass is 9.89. The first-order chi connectivity index (χ1) is 15.9. The van der Waals surface area contributed by atoms with Gasteiger partial charge in [0.15, 0.2) is 0 Å². The minimum atomic E-state index is -4.69. The monoisotopic (exact) mass is 487 g/mol. The molecule has 0 radical (unpaired) electrons. The number of likely N-dealkylation sites (tertiary alicyclic amines) is 1. The predicted octanol–water partition coefficient (Wildman–Crippen LogP) is 8.15. The van der Waals surface area contributed by atoms with Gasteiger partial charge >= 0.3 is 12.4 Å². The topological polar surface area (TPSA) is 12.5 Å². The highest BCUT2D eigenvalue weighted by Gasteiger charge is 2.45. The molecule has 2 aliphatic rings. The van der Waals surface area contributed by atoms with E-state index in [1.54, 1.807) is 0 Å². The van der Waals surface area contributed by atoms with Crippen molar-refractivity contribution >= 4 is 10.8 Å². The second-order valence-electron chi connectivity index (χ2n) is 10.1. The van der Waals surface area contributed by atoms with E-state index < -0.39 is 24.0 Å². The number of alkyl halides is 6. The summed E-state index contributed by atoms with van der Waals surface area (Å²) in [4.78, 5) is 1.40. The van der Waals surface area contributed by atoms with Crippen molar-refractivity contribution in [3.05, 3.63) is 41.5 Å². The van der Waals surface area contributed by atoms with Crippen molar-refractivity contribution in [1.82, 2.24) is 4.90 Å². The number of nitrogens with zero attached hydrogens (tertiary/aromatic N) is 1. The summed E-state index contributed by atoms with van der Waals surface area (Å²) in [5, 5.41) is 0.000173. The lowest BCUT2D eigenvalue weighted by molar-refractivity contribution is -0.189. The van der Waals surface area contributed by atoms with E-state index in [9.17, 15) is 26.3 Å². The van der Waals surface area contributed by atoms with Gasteiger partial charge in [0.1, 0.15) is 17.4 Å². The molecule has 2 fully saturated rings. The maximum Gasteiger partial charge on any atom is 0.420 e. The zero-order chi connectivity index (χ0) is 24.7. The van der Waals surface area contributed by atoms with Gasteiger partial charge in [0.25, 0.3) is 0 Å². The Balaban J connectivity index is 1.70. The molecule has 34 heavy (non-hydrogen) atoms. The second kappa shape index (κ2) is 9.59. The largest absolute Gasteiger partial charge is 0.490 e. The molecule has 0 N–H and O–H groups in total. The molecule has 1 atom stereocenters. The van der Waals surface area contributed by atoms with Gasteiger partial charge in [-0.15, -0.1) is 0 Å². The molecule has 8 heteroatoms. The summed E-state index contributed by atoms with van der Waals surface area (Å²) in [7, 11) is 0. The molecular weight excluding hydrogens is 456 g/mol. The highest BCUT2D eigenvalue weighted by atomic mass is 19.4. The fourth-order valence-corrected chi connectivity index (χ4v) is 5.31. The Morgan fingerprint density at radius 1 is 0.824 bits per heavy atom. The van der Waals surface area contributed by atoms with Gasteiger partial charge in [0.2, 0.25) is 0 Å². The van der Waals surface area contributed by atoms with Gasteiger partial charge in [-0.1, -0.05) is 32.0 Å². The smallest absolute Gasteiger partial charge is 0.420 e. The Hall–Kier alpha value is -1.96. The highest BCUT2D eigenvalue weighted by molar-refractivity contribution is 5.89. The number of piperidine rings is 1. The Labute approximate surface area is 196 Å². The highest BCUT2D eigenvalue weighted by Crippen LogP contribution is 2.45. The summed E-state index contributed by atoms with van der Waals surface area (Å²) >= 11 is 0. The van der Waals surface area contributed by atoms with Gasteiger partial charge in [-0.2, -0.15) is 26.3 Å². The number of ether oxygens (including phenoxy) is 1. The zero-order valence-electron chi connectivity index (χ0n) is 19.5. The third-order valence-electron chi connectivity index (χ3n) is 7.35. The van der Waals surface area contributed by atoms with E-state index in [0.717, 1.165) is 12.8 Å². The van der Waals surface area contributed by atoms with Gasteiger partial charge in [0.05, 0.1) is 6.10 Å². The molecule has 1 aliphatic heterocycles. The lowest BCUT2D eigenvalue weighted by Gasteiger charge is -2.38. The van der Waals surface area contributed by atoms with Crippen LogP contribution in [0.15, 0.2) is 30.3 Å². The van der Waals surface area contributed by atoms with E-state index in [-0.39, 0.29) is 28.2 Å². The molecule has 0 amide bonds. The van der Waals surface area contributed by atoms with Crippen LogP contribution in [0.2, 0.25) is 0 Å². The van der Waals surface area contributed by atoms with E-state index in [1.165, 1.54) is 35.2 Å². The van der Waals surface area contributed by atoms with Gasteiger partial charge in [-0.25, -0.2) is 0 Å². The van der Waals surface area contributed by atoms with Crippen LogP contribution in [0.5, 0.6) is 5.75 Å².